The summed E-state index contributed by atoms with van der Waals surface area (Å²) < 4.78 is 31.0. The van der Waals surface area contributed by atoms with Crippen molar-refractivity contribution in [2.75, 3.05) is 7.11 Å². The van der Waals surface area contributed by atoms with E-state index in [4.69, 9.17) is 14.2 Å². The van der Waals surface area contributed by atoms with E-state index in [2.05, 4.69) is 15.0 Å². The first-order valence-electron chi connectivity index (χ1n) is 13.4. The highest BCUT2D eigenvalue weighted by molar-refractivity contribution is 5.98. The lowest BCUT2D eigenvalue weighted by atomic mass is 9.95. The molecule has 0 saturated carbocycles. The Labute approximate surface area is 242 Å². The predicted octanol–water partition coefficient (Wildman–Crippen LogP) is 6.75. The van der Waals surface area contributed by atoms with Crippen LogP contribution in [0.25, 0.3) is 22.2 Å². The second-order valence-electron chi connectivity index (χ2n) is 10.2. The zero-order valence-corrected chi connectivity index (χ0v) is 23.9. The van der Waals surface area contributed by atoms with Crippen LogP contribution in [0.15, 0.2) is 71.8 Å². The molecule has 0 aliphatic carbocycles. The Balaban J connectivity index is 1.37. The van der Waals surface area contributed by atoms with Crippen molar-refractivity contribution in [3.05, 3.63) is 105 Å². The van der Waals surface area contributed by atoms with Crippen LogP contribution in [0.5, 0.6) is 23.1 Å². The van der Waals surface area contributed by atoms with E-state index < -0.39 is 0 Å². The fourth-order valence-corrected chi connectivity index (χ4v) is 4.69. The van der Waals surface area contributed by atoms with Crippen molar-refractivity contribution in [3.63, 3.8) is 0 Å². The number of aromatic amines is 1. The van der Waals surface area contributed by atoms with Crippen molar-refractivity contribution >= 4 is 16.8 Å². The van der Waals surface area contributed by atoms with E-state index in [1.54, 1.807) is 69.6 Å². The van der Waals surface area contributed by atoms with Crippen LogP contribution in [0.2, 0.25) is 0 Å². The molecule has 5 aromatic rings. The molecule has 9 heteroatoms. The molecule has 1 N–H and O–H groups in total. The number of fused-ring (bicyclic) bond motifs is 1. The third-order valence-corrected chi connectivity index (χ3v) is 6.73. The molecule has 2 aromatic carbocycles. The van der Waals surface area contributed by atoms with E-state index in [0.29, 0.717) is 62.1 Å². The monoisotopic (exact) mass is 567 g/mol. The number of aromatic nitrogens is 3. The van der Waals surface area contributed by atoms with Crippen molar-refractivity contribution in [2.45, 2.75) is 40.2 Å². The summed E-state index contributed by atoms with van der Waals surface area (Å²) in [5.74, 6) is 1.11. The summed E-state index contributed by atoms with van der Waals surface area (Å²) in [7, 11) is 1.54. The highest BCUT2D eigenvalue weighted by atomic mass is 19.1. The Bertz CT molecular complexity index is 1850. The molecule has 0 aliphatic rings. The van der Waals surface area contributed by atoms with Crippen LogP contribution in [-0.2, 0) is 6.42 Å². The summed E-state index contributed by atoms with van der Waals surface area (Å²) in [4.78, 5) is 38.6. The predicted molar refractivity (Wildman–Crippen MR) is 158 cm³/mol. The van der Waals surface area contributed by atoms with Gasteiger partial charge in [-0.15, -0.1) is 0 Å². The highest BCUT2D eigenvalue weighted by Crippen LogP contribution is 2.34. The minimum absolute atomic E-state index is 0.0176. The number of nitrogens with one attached hydrogen (secondary N) is 1. The highest BCUT2D eigenvalue weighted by Gasteiger charge is 2.19. The first-order chi connectivity index (χ1) is 20.1. The number of pyridine rings is 3. The Hall–Kier alpha value is -5.05. The van der Waals surface area contributed by atoms with Gasteiger partial charge in [0.25, 0.3) is 5.88 Å². The van der Waals surface area contributed by atoms with Crippen molar-refractivity contribution in [2.24, 2.45) is 0 Å². The average Bonchev–Trinajstić information content (AvgIpc) is 2.95. The minimum atomic E-state index is -0.388. The number of benzene rings is 2. The minimum Gasteiger partial charge on any atom is -0.491 e. The Morgan fingerprint density at radius 3 is 2.48 bits per heavy atom. The molecule has 42 heavy (non-hydrogen) atoms. The number of rotatable bonds is 9. The standard InChI is InChI=1S/C33H30FN3O5/c1-18(2)41-33-29(40-5)16-26-31(37-33)28(12-13-35-26)42-23-9-6-21(7-10-23)15-27(38)25-17-36-20(4)30(32(25)39)24-11-8-22(34)14-19(24)3/h6-14,16-18H,15H2,1-5H3,(H,36,39). The van der Waals surface area contributed by atoms with Crippen LogP contribution in [-0.4, -0.2) is 33.9 Å². The number of ether oxygens (including phenoxy) is 3. The summed E-state index contributed by atoms with van der Waals surface area (Å²) in [6, 6.07) is 14.7. The summed E-state index contributed by atoms with van der Waals surface area (Å²) in [5, 5.41) is 0. The number of carbonyl (C=O) groups is 1. The number of halogens is 1. The molecule has 0 fully saturated rings. The van der Waals surface area contributed by atoms with Gasteiger partial charge in [0.05, 0.1) is 24.3 Å². The van der Waals surface area contributed by atoms with Crippen LogP contribution < -0.4 is 19.6 Å². The first-order valence-corrected chi connectivity index (χ1v) is 13.4. The molecule has 0 atom stereocenters. The van der Waals surface area contributed by atoms with Gasteiger partial charge in [-0.05, 0) is 68.7 Å². The van der Waals surface area contributed by atoms with E-state index in [1.807, 2.05) is 13.8 Å². The van der Waals surface area contributed by atoms with Crippen molar-refractivity contribution < 1.29 is 23.4 Å². The molecule has 8 nitrogen and oxygen atoms in total. The van der Waals surface area contributed by atoms with E-state index >= 15 is 0 Å². The number of hydrogen-bond donors (Lipinski definition) is 1. The largest absolute Gasteiger partial charge is 0.491 e. The molecule has 0 spiro atoms. The van der Waals surface area contributed by atoms with Crippen LogP contribution in [0, 0.1) is 19.7 Å². The Morgan fingerprint density at radius 1 is 1.02 bits per heavy atom. The molecule has 0 unspecified atom stereocenters. The lowest BCUT2D eigenvalue weighted by Gasteiger charge is -2.14. The number of Topliss-reactive ketones (excluding diaryl/α,β-unsaturated/α-hetero) is 1. The van der Waals surface area contributed by atoms with Gasteiger partial charge in [0, 0.05) is 42.2 Å². The molecular formula is C33H30FN3O5. The third kappa shape index (κ3) is 5.85. The molecule has 214 valence electrons. The van der Waals surface area contributed by atoms with Gasteiger partial charge in [0.1, 0.15) is 17.1 Å². The van der Waals surface area contributed by atoms with Crippen molar-refractivity contribution in [3.8, 4) is 34.3 Å². The molecule has 5 rings (SSSR count). The van der Waals surface area contributed by atoms with Gasteiger partial charge in [0.2, 0.25) is 0 Å². The second-order valence-corrected chi connectivity index (χ2v) is 10.2. The van der Waals surface area contributed by atoms with E-state index in [9.17, 15) is 14.0 Å². The van der Waals surface area contributed by atoms with Gasteiger partial charge in [-0.1, -0.05) is 18.2 Å². The molecule has 0 radical (unpaired) electrons. The van der Waals surface area contributed by atoms with Crippen molar-refractivity contribution in [1.29, 1.82) is 0 Å². The zero-order chi connectivity index (χ0) is 30.0. The number of aryl methyl sites for hydroxylation is 2. The second kappa shape index (κ2) is 11.8. The van der Waals surface area contributed by atoms with Crippen LogP contribution in [0.3, 0.4) is 0 Å². The molecule has 0 bridgehead atoms. The van der Waals surface area contributed by atoms with Gasteiger partial charge in [-0.2, -0.15) is 0 Å². The maximum absolute atomic E-state index is 13.7. The van der Waals surface area contributed by atoms with Crippen LogP contribution in [0.4, 0.5) is 4.39 Å². The van der Waals surface area contributed by atoms with Gasteiger partial charge >= 0.3 is 0 Å². The normalized spacial score (nSPS) is 11.1. The molecule has 3 aromatic heterocycles. The fourth-order valence-electron chi connectivity index (χ4n) is 4.69. The maximum atomic E-state index is 13.7. The van der Waals surface area contributed by atoms with E-state index in [-0.39, 0.29) is 35.1 Å². The number of methoxy groups -OCH3 is 1. The fraction of sp³-hybridized carbons (Fsp3) is 0.212. The molecule has 0 amide bonds. The zero-order valence-electron chi connectivity index (χ0n) is 23.9. The Kier molecular flexibility index (Phi) is 8.01. The maximum Gasteiger partial charge on any atom is 0.258 e. The van der Waals surface area contributed by atoms with Gasteiger partial charge in [-0.3, -0.25) is 14.6 Å². The van der Waals surface area contributed by atoms with Crippen LogP contribution in [0.1, 0.15) is 41.0 Å². The number of ketones is 1. The van der Waals surface area contributed by atoms with Gasteiger partial charge < -0.3 is 19.2 Å². The van der Waals surface area contributed by atoms with Crippen LogP contribution >= 0.6 is 0 Å². The topological polar surface area (TPSA) is 103 Å². The lowest BCUT2D eigenvalue weighted by Crippen LogP contribution is -2.20. The Morgan fingerprint density at radius 2 is 1.79 bits per heavy atom. The summed E-state index contributed by atoms with van der Waals surface area (Å²) in [6.45, 7) is 7.29. The molecule has 0 aliphatic heterocycles. The summed E-state index contributed by atoms with van der Waals surface area (Å²) >= 11 is 0. The molecule has 3 heterocycles. The molecule has 0 saturated heterocycles. The van der Waals surface area contributed by atoms with Gasteiger partial charge in [0.15, 0.2) is 22.7 Å². The summed E-state index contributed by atoms with van der Waals surface area (Å²) in [6.07, 6.45) is 2.97. The summed E-state index contributed by atoms with van der Waals surface area (Å²) in [5.41, 5.74) is 3.63. The lowest BCUT2D eigenvalue weighted by molar-refractivity contribution is 0.0991. The van der Waals surface area contributed by atoms with E-state index in [1.165, 1.54) is 18.3 Å². The number of hydrogen-bond acceptors (Lipinski definition) is 7. The quantitative estimate of drug-likeness (QED) is 0.196. The molecular weight excluding hydrogens is 537 g/mol. The number of H-pyrrole nitrogens is 1. The SMILES string of the molecule is COc1cc2nccc(Oc3ccc(CC(=O)c4c[nH]c(C)c(-c5ccc(F)cc5C)c4=O)cc3)c2nc1OC(C)C. The number of nitrogens with zero attached hydrogens (tertiary/aromatic N) is 2. The van der Waals surface area contributed by atoms with Gasteiger partial charge in [-0.25, -0.2) is 9.37 Å². The van der Waals surface area contributed by atoms with E-state index in [0.717, 1.165) is 0 Å². The first kappa shape index (κ1) is 28.5. The third-order valence-electron chi connectivity index (χ3n) is 6.73. The average molecular weight is 568 g/mol. The smallest absolute Gasteiger partial charge is 0.258 e. The number of carbonyl (C=O) groups excluding carboxylic acids is 1. The van der Waals surface area contributed by atoms with Crippen molar-refractivity contribution in [1.82, 2.24) is 15.0 Å².